The summed E-state index contributed by atoms with van der Waals surface area (Å²) in [7, 11) is 2.84. The summed E-state index contributed by atoms with van der Waals surface area (Å²) in [5.41, 5.74) is -0.270. The second kappa shape index (κ2) is 15.8. The lowest BCUT2D eigenvalue weighted by Gasteiger charge is -2.40. The number of aliphatic hydroxyl groups excluding tert-OH is 7. The molecule has 15 heteroatoms. The normalized spacial score (nSPS) is 31.2. The maximum Gasteiger partial charge on any atom is 0.187 e. The van der Waals surface area contributed by atoms with E-state index in [2.05, 4.69) is 0 Å². The van der Waals surface area contributed by atoms with E-state index in [-0.39, 0.29) is 24.7 Å². The molecular formula is C31H42O15. The quantitative estimate of drug-likeness (QED) is 0.113. The van der Waals surface area contributed by atoms with Crippen LogP contribution in [0, 0.1) is 0 Å². The van der Waals surface area contributed by atoms with Gasteiger partial charge in [-0.1, -0.05) is 30.4 Å². The maximum atomic E-state index is 11.0. The Morgan fingerprint density at radius 1 is 0.935 bits per heavy atom. The molecule has 4 rings (SSSR count). The summed E-state index contributed by atoms with van der Waals surface area (Å²) in [5, 5.41) is 91.7. The van der Waals surface area contributed by atoms with Crippen LogP contribution in [-0.2, 0) is 18.9 Å². The third-order valence-corrected chi connectivity index (χ3v) is 8.12. The Hall–Kier alpha value is -2.90. The fourth-order valence-electron chi connectivity index (χ4n) is 5.27. The molecule has 0 aliphatic carbocycles. The Balaban J connectivity index is 1.36. The summed E-state index contributed by atoms with van der Waals surface area (Å²) in [6.45, 7) is -2.03. The first-order valence-electron chi connectivity index (χ1n) is 14.5. The highest BCUT2D eigenvalue weighted by Gasteiger charge is 2.50. The summed E-state index contributed by atoms with van der Waals surface area (Å²) in [6.07, 6.45) is -8.11. The largest absolute Gasteiger partial charge is 0.504 e. The van der Waals surface area contributed by atoms with Gasteiger partial charge in [-0.25, -0.2) is 0 Å². The van der Waals surface area contributed by atoms with E-state index in [9.17, 15) is 46.0 Å². The third-order valence-electron chi connectivity index (χ3n) is 8.12. The van der Waals surface area contributed by atoms with Gasteiger partial charge in [-0.15, -0.1) is 0 Å². The summed E-state index contributed by atoms with van der Waals surface area (Å²) < 4.78 is 32.4. The van der Waals surface area contributed by atoms with Crippen molar-refractivity contribution in [3.63, 3.8) is 0 Å². The highest BCUT2D eigenvalue weighted by molar-refractivity contribution is 5.55. The molecular weight excluding hydrogens is 612 g/mol. The van der Waals surface area contributed by atoms with Crippen LogP contribution in [0.15, 0.2) is 42.5 Å². The SMILES string of the molecule is COc1cc([C@@H](O)[C@H](CO)c2ccc(/C=C/CO[C@@H]3O[C@H](CO[C@@H]4OC[C@](O)(CO)[C@H]4O)[C@@H](O)[C@H](O)[C@H]3O)cc2OC)ccc1O. The zero-order valence-corrected chi connectivity index (χ0v) is 25.3. The van der Waals surface area contributed by atoms with Crippen molar-refractivity contribution in [3.05, 3.63) is 59.2 Å². The van der Waals surface area contributed by atoms with Crippen molar-refractivity contribution in [2.75, 3.05) is 47.3 Å². The molecule has 2 fully saturated rings. The van der Waals surface area contributed by atoms with Crippen molar-refractivity contribution in [2.24, 2.45) is 0 Å². The first-order valence-corrected chi connectivity index (χ1v) is 14.5. The Kier molecular flexibility index (Phi) is 12.3. The van der Waals surface area contributed by atoms with Crippen LogP contribution in [0.1, 0.15) is 28.7 Å². The van der Waals surface area contributed by atoms with Gasteiger partial charge in [0.2, 0.25) is 0 Å². The number of aliphatic hydroxyl groups is 8. The van der Waals surface area contributed by atoms with Crippen LogP contribution < -0.4 is 9.47 Å². The van der Waals surface area contributed by atoms with Gasteiger partial charge in [0.1, 0.15) is 41.9 Å². The molecule has 2 heterocycles. The van der Waals surface area contributed by atoms with Crippen molar-refractivity contribution in [1.82, 2.24) is 0 Å². The van der Waals surface area contributed by atoms with Crippen LogP contribution in [0.2, 0.25) is 0 Å². The highest BCUT2D eigenvalue weighted by Crippen LogP contribution is 2.39. The van der Waals surface area contributed by atoms with Crippen LogP contribution in [0.4, 0.5) is 0 Å². The molecule has 2 aromatic rings. The number of phenolic OH excluding ortho intramolecular Hbond substituents is 1. The number of ether oxygens (including phenoxy) is 6. The van der Waals surface area contributed by atoms with Crippen molar-refractivity contribution >= 4 is 6.08 Å². The van der Waals surface area contributed by atoms with Crippen molar-refractivity contribution in [1.29, 1.82) is 0 Å². The lowest BCUT2D eigenvalue weighted by atomic mass is 9.88. The minimum atomic E-state index is -1.90. The van der Waals surface area contributed by atoms with Crippen molar-refractivity contribution in [2.45, 2.75) is 60.7 Å². The van der Waals surface area contributed by atoms with E-state index < -0.39 is 80.5 Å². The van der Waals surface area contributed by atoms with Gasteiger partial charge in [-0.2, -0.15) is 0 Å². The molecule has 10 atom stereocenters. The standard InChI is InChI=1S/C31H42O15/c1-41-21-10-16(5-7-18(21)19(12-32)24(35)17-6-8-20(34)22(11-17)42-2)4-3-9-43-29-27(38)26(37)25(36)23(46-29)13-44-30-28(39)31(40,14-33)15-45-30/h3-8,10-11,19,23-30,32-40H,9,12-15H2,1-2H3/b4-3+/t19-,23-,24-,25-,26+,27-,28+,29-,30-,31-/m1/s1. The van der Waals surface area contributed by atoms with E-state index in [0.29, 0.717) is 22.4 Å². The Bertz CT molecular complexity index is 1310. The lowest BCUT2D eigenvalue weighted by Crippen LogP contribution is -2.59. The average molecular weight is 655 g/mol. The van der Waals surface area contributed by atoms with E-state index in [1.807, 2.05) is 0 Å². The van der Waals surface area contributed by atoms with E-state index in [1.54, 1.807) is 30.4 Å². The predicted octanol–water partition coefficient (Wildman–Crippen LogP) is -1.49. The molecule has 0 aromatic heterocycles. The Labute approximate surface area is 265 Å². The topological polar surface area (TPSA) is 237 Å². The molecule has 0 unspecified atom stereocenters. The number of aromatic hydroxyl groups is 1. The van der Waals surface area contributed by atoms with Crippen LogP contribution >= 0.6 is 0 Å². The molecule has 0 radical (unpaired) electrons. The minimum absolute atomic E-state index is 0.0852. The molecule has 0 saturated carbocycles. The summed E-state index contributed by atoms with van der Waals surface area (Å²) in [5.74, 6) is -0.275. The molecule has 15 nitrogen and oxygen atoms in total. The molecule has 0 bridgehead atoms. The Morgan fingerprint density at radius 3 is 2.33 bits per heavy atom. The Morgan fingerprint density at radius 2 is 1.67 bits per heavy atom. The zero-order chi connectivity index (χ0) is 33.6. The minimum Gasteiger partial charge on any atom is -0.504 e. The number of benzene rings is 2. The van der Waals surface area contributed by atoms with Crippen LogP contribution in [-0.4, -0.2) is 142 Å². The molecule has 46 heavy (non-hydrogen) atoms. The molecule has 256 valence electrons. The molecule has 0 amide bonds. The fourth-order valence-corrected chi connectivity index (χ4v) is 5.27. The van der Waals surface area contributed by atoms with E-state index >= 15 is 0 Å². The molecule has 2 aliphatic rings. The van der Waals surface area contributed by atoms with Gasteiger partial charge < -0.3 is 74.4 Å². The van der Waals surface area contributed by atoms with Crippen molar-refractivity contribution in [3.8, 4) is 17.2 Å². The zero-order valence-electron chi connectivity index (χ0n) is 25.3. The molecule has 9 N–H and O–H groups in total. The van der Waals surface area contributed by atoms with Crippen LogP contribution in [0.25, 0.3) is 6.08 Å². The van der Waals surface area contributed by atoms with Gasteiger partial charge in [0, 0.05) is 11.5 Å². The van der Waals surface area contributed by atoms with Gasteiger partial charge in [0.15, 0.2) is 24.1 Å². The monoisotopic (exact) mass is 654 g/mol. The number of hydrogen-bond donors (Lipinski definition) is 9. The van der Waals surface area contributed by atoms with Gasteiger partial charge in [-0.05, 0) is 29.3 Å². The van der Waals surface area contributed by atoms with E-state index in [1.165, 1.54) is 32.4 Å². The fraction of sp³-hybridized carbons (Fsp3) is 0.548. The van der Waals surface area contributed by atoms with Gasteiger partial charge in [0.05, 0.1) is 53.4 Å². The second-order valence-electron chi connectivity index (χ2n) is 11.1. The summed E-state index contributed by atoms with van der Waals surface area (Å²) in [4.78, 5) is 0. The average Bonchev–Trinajstić information content (AvgIpc) is 3.36. The van der Waals surface area contributed by atoms with E-state index in [4.69, 9.17) is 28.4 Å². The first kappa shape index (κ1) is 35.9. The van der Waals surface area contributed by atoms with Crippen LogP contribution in [0.5, 0.6) is 17.2 Å². The lowest BCUT2D eigenvalue weighted by molar-refractivity contribution is -0.307. The number of hydrogen-bond acceptors (Lipinski definition) is 15. The van der Waals surface area contributed by atoms with E-state index in [0.717, 1.165) is 0 Å². The summed E-state index contributed by atoms with van der Waals surface area (Å²) >= 11 is 0. The number of methoxy groups -OCH3 is 2. The molecule has 2 saturated heterocycles. The smallest absolute Gasteiger partial charge is 0.187 e. The van der Waals surface area contributed by atoms with Gasteiger partial charge >= 0.3 is 0 Å². The number of rotatable bonds is 14. The second-order valence-corrected chi connectivity index (χ2v) is 11.1. The molecule has 2 aliphatic heterocycles. The number of phenols is 1. The van der Waals surface area contributed by atoms with Crippen molar-refractivity contribution < 1.29 is 74.4 Å². The highest BCUT2D eigenvalue weighted by atomic mass is 16.7. The summed E-state index contributed by atoms with van der Waals surface area (Å²) in [6, 6.07) is 9.53. The van der Waals surface area contributed by atoms with Gasteiger partial charge in [-0.3, -0.25) is 0 Å². The predicted molar refractivity (Wildman–Crippen MR) is 158 cm³/mol. The molecule has 2 aromatic carbocycles. The van der Waals surface area contributed by atoms with Crippen LogP contribution in [0.3, 0.4) is 0 Å². The first-order chi connectivity index (χ1) is 22.0. The van der Waals surface area contributed by atoms with Gasteiger partial charge in [0.25, 0.3) is 0 Å². The molecule has 0 spiro atoms. The third kappa shape index (κ3) is 7.79. The maximum absolute atomic E-state index is 11.0.